The number of piperazine rings is 1. The van der Waals surface area contributed by atoms with Crippen molar-refractivity contribution in [2.75, 3.05) is 57.7 Å². The lowest BCUT2D eigenvalue weighted by molar-refractivity contribution is -0.135. The van der Waals surface area contributed by atoms with Crippen molar-refractivity contribution in [2.45, 2.75) is 39.2 Å². The minimum atomic E-state index is -0.746. The van der Waals surface area contributed by atoms with Crippen LogP contribution in [0.5, 0.6) is 11.5 Å². The summed E-state index contributed by atoms with van der Waals surface area (Å²) in [6, 6.07) is 30.9. The summed E-state index contributed by atoms with van der Waals surface area (Å²) >= 11 is 0. The van der Waals surface area contributed by atoms with E-state index in [-0.39, 0.29) is 30.1 Å². The average Bonchev–Trinajstić information content (AvgIpc) is 3.20. The molecule has 1 atom stereocenters. The van der Waals surface area contributed by atoms with E-state index in [0.717, 1.165) is 73.8 Å². The second-order valence-corrected chi connectivity index (χ2v) is 14.1. The number of hydrogen-bond acceptors (Lipinski definition) is 9. The fraction of sp³-hybridized carbons (Fsp3) is 0.318. The molecule has 7 rings (SSSR count). The van der Waals surface area contributed by atoms with E-state index in [9.17, 15) is 19.5 Å². The number of fused-ring (bicyclic) bond motifs is 1. The van der Waals surface area contributed by atoms with E-state index in [4.69, 9.17) is 9.72 Å². The Labute approximate surface area is 321 Å². The van der Waals surface area contributed by atoms with E-state index in [1.165, 1.54) is 15.7 Å². The molecule has 3 N–H and O–H groups in total. The van der Waals surface area contributed by atoms with Gasteiger partial charge < -0.3 is 15.2 Å². The van der Waals surface area contributed by atoms with Gasteiger partial charge in [-0.05, 0) is 84.0 Å². The molecular formula is C44H48N6O5. The molecule has 1 unspecified atom stereocenters. The zero-order valence-electron chi connectivity index (χ0n) is 31.5. The maximum Gasteiger partial charge on any atom is 0.262 e. The molecule has 2 saturated heterocycles. The smallest absolute Gasteiger partial charge is 0.262 e. The number of ether oxygens (including phenoxy) is 1. The maximum absolute atomic E-state index is 13.5. The number of nitrogens with zero attached hydrogens (tertiary/aromatic N) is 4. The Morgan fingerprint density at radius 2 is 1.51 bits per heavy atom. The highest BCUT2D eigenvalue weighted by Gasteiger charge is 2.30. The number of anilines is 1. The van der Waals surface area contributed by atoms with Crippen molar-refractivity contribution in [3.63, 3.8) is 0 Å². The minimum absolute atomic E-state index is 0.192. The Hall–Kier alpha value is -5.78. The molecule has 55 heavy (non-hydrogen) atoms. The SMILES string of the molecule is CC/C(=C(\c1ccc(O)cc1)c1ccc(OCCN2CCN(CCNc3cccc4c(=O)n(C5CCC(=O)NC5=O)c(C)nc34)CC2)cc1)c1ccccc1. The summed E-state index contributed by atoms with van der Waals surface area (Å²) < 4.78 is 7.62. The summed E-state index contributed by atoms with van der Waals surface area (Å²) in [5.74, 6) is 0.748. The molecule has 2 aliphatic heterocycles. The number of para-hydroxylation sites is 1. The van der Waals surface area contributed by atoms with Gasteiger partial charge >= 0.3 is 0 Å². The molecular weight excluding hydrogens is 693 g/mol. The van der Waals surface area contributed by atoms with Gasteiger partial charge in [-0.25, -0.2) is 4.98 Å². The number of allylic oxidation sites excluding steroid dienone is 1. The predicted molar refractivity (Wildman–Crippen MR) is 216 cm³/mol. The second kappa shape index (κ2) is 17.1. The number of aromatic hydroxyl groups is 1. The molecule has 2 amide bonds. The first-order valence-electron chi connectivity index (χ1n) is 19.1. The van der Waals surface area contributed by atoms with Crippen molar-refractivity contribution in [2.24, 2.45) is 0 Å². The van der Waals surface area contributed by atoms with Gasteiger partial charge in [-0.2, -0.15) is 0 Å². The first-order chi connectivity index (χ1) is 26.8. The molecule has 1 aromatic heterocycles. The van der Waals surface area contributed by atoms with Crippen molar-refractivity contribution < 1.29 is 19.4 Å². The van der Waals surface area contributed by atoms with Gasteiger partial charge in [0.25, 0.3) is 5.56 Å². The van der Waals surface area contributed by atoms with E-state index in [2.05, 4.69) is 63.8 Å². The lowest BCUT2D eigenvalue weighted by Crippen LogP contribution is -2.48. The molecule has 5 aromatic rings. The number of aromatic nitrogens is 2. The first-order valence-corrected chi connectivity index (χ1v) is 19.1. The summed E-state index contributed by atoms with van der Waals surface area (Å²) in [4.78, 5) is 47.3. The Bertz CT molecular complexity index is 2230. The van der Waals surface area contributed by atoms with Crippen LogP contribution in [0, 0.1) is 6.92 Å². The van der Waals surface area contributed by atoms with Crippen LogP contribution in [-0.4, -0.2) is 88.7 Å². The third kappa shape index (κ3) is 8.64. The Morgan fingerprint density at radius 3 is 2.18 bits per heavy atom. The van der Waals surface area contributed by atoms with Crippen molar-refractivity contribution in [3.05, 3.63) is 130 Å². The monoisotopic (exact) mass is 740 g/mol. The number of imide groups is 1. The number of hydrogen-bond donors (Lipinski definition) is 3. The number of carbonyl (C=O) groups excluding carboxylic acids is 2. The van der Waals surface area contributed by atoms with Crippen LogP contribution in [0.1, 0.15) is 54.7 Å². The Morgan fingerprint density at radius 1 is 0.836 bits per heavy atom. The number of rotatable bonds is 13. The van der Waals surface area contributed by atoms with Gasteiger partial charge in [0, 0.05) is 52.2 Å². The molecule has 3 heterocycles. The van der Waals surface area contributed by atoms with Crippen LogP contribution in [0.15, 0.2) is 102 Å². The lowest BCUT2D eigenvalue weighted by Gasteiger charge is -2.34. The van der Waals surface area contributed by atoms with Crippen LogP contribution < -0.4 is 20.9 Å². The standard InChI is InChI=1S/C44H48N6O5/c1-3-36(31-8-5-4-6-9-31)41(32-12-16-34(51)17-13-32)33-14-18-35(19-15-33)55-29-28-49-26-24-48(25-27-49)23-22-45-38-11-7-10-37-42(38)46-30(2)50(44(37)54)39-20-21-40(52)47-43(39)53/h4-19,39,45,51H,3,20-29H2,1-2H3,(H,47,52,53)/b41-36-. The van der Waals surface area contributed by atoms with Gasteiger partial charge in [-0.3, -0.25) is 34.1 Å². The predicted octanol–water partition coefficient (Wildman–Crippen LogP) is 5.87. The molecule has 2 fully saturated rings. The van der Waals surface area contributed by atoms with Gasteiger partial charge in [0.15, 0.2) is 0 Å². The van der Waals surface area contributed by atoms with Crippen molar-refractivity contribution in [1.82, 2.24) is 24.7 Å². The minimum Gasteiger partial charge on any atom is -0.508 e. The number of carbonyl (C=O) groups is 2. The zero-order chi connectivity index (χ0) is 38.3. The molecule has 284 valence electrons. The van der Waals surface area contributed by atoms with Crippen molar-refractivity contribution >= 4 is 39.6 Å². The molecule has 0 aliphatic carbocycles. The molecule has 0 saturated carbocycles. The summed E-state index contributed by atoms with van der Waals surface area (Å²) in [5.41, 5.74) is 6.82. The highest BCUT2D eigenvalue weighted by molar-refractivity contribution is 6.00. The van der Waals surface area contributed by atoms with Crippen LogP contribution in [0.25, 0.3) is 22.0 Å². The quantitative estimate of drug-likeness (QED) is 0.100. The molecule has 4 aromatic carbocycles. The van der Waals surface area contributed by atoms with E-state index in [1.807, 2.05) is 42.5 Å². The van der Waals surface area contributed by atoms with Gasteiger partial charge in [0.2, 0.25) is 11.8 Å². The molecule has 11 nitrogen and oxygen atoms in total. The van der Waals surface area contributed by atoms with Gasteiger partial charge in [0.1, 0.15) is 35.5 Å². The highest BCUT2D eigenvalue weighted by atomic mass is 16.5. The molecule has 0 radical (unpaired) electrons. The van der Waals surface area contributed by atoms with Crippen molar-refractivity contribution in [3.8, 4) is 11.5 Å². The number of aryl methyl sites for hydroxylation is 1. The highest BCUT2D eigenvalue weighted by Crippen LogP contribution is 2.35. The van der Waals surface area contributed by atoms with Crippen LogP contribution >= 0.6 is 0 Å². The van der Waals surface area contributed by atoms with E-state index in [1.54, 1.807) is 25.1 Å². The largest absolute Gasteiger partial charge is 0.508 e. The average molecular weight is 741 g/mol. The summed E-state index contributed by atoms with van der Waals surface area (Å²) in [7, 11) is 0. The Kier molecular flexibility index (Phi) is 11.7. The number of phenolic OH excluding ortho intramolecular Hbond substituents is 1. The molecule has 11 heteroatoms. The van der Waals surface area contributed by atoms with Crippen LogP contribution in [0.4, 0.5) is 5.69 Å². The number of amides is 2. The van der Waals surface area contributed by atoms with Gasteiger partial charge in [-0.15, -0.1) is 0 Å². The maximum atomic E-state index is 13.5. The number of benzene rings is 4. The van der Waals surface area contributed by atoms with E-state index >= 15 is 0 Å². The number of phenols is 1. The van der Waals surface area contributed by atoms with Crippen LogP contribution in [-0.2, 0) is 9.59 Å². The van der Waals surface area contributed by atoms with Gasteiger partial charge in [0.05, 0.1) is 11.1 Å². The van der Waals surface area contributed by atoms with E-state index < -0.39 is 11.9 Å². The van der Waals surface area contributed by atoms with Crippen LogP contribution in [0.3, 0.4) is 0 Å². The lowest BCUT2D eigenvalue weighted by atomic mass is 9.88. The summed E-state index contributed by atoms with van der Waals surface area (Å²) in [6.07, 6.45) is 1.34. The van der Waals surface area contributed by atoms with E-state index in [0.29, 0.717) is 29.9 Å². The molecule has 0 spiro atoms. The molecule has 2 aliphatic rings. The number of piperidine rings is 1. The zero-order valence-corrected chi connectivity index (χ0v) is 31.5. The fourth-order valence-corrected chi connectivity index (χ4v) is 7.67. The van der Waals surface area contributed by atoms with Crippen LogP contribution in [0.2, 0.25) is 0 Å². The topological polar surface area (TPSA) is 129 Å². The van der Waals surface area contributed by atoms with Gasteiger partial charge in [-0.1, -0.05) is 67.6 Å². The second-order valence-electron chi connectivity index (χ2n) is 14.1. The Balaban J connectivity index is 0.900. The summed E-state index contributed by atoms with van der Waals surface area (Å²) in [5, 5.41) is 16.2. The normalized spacial score (nSPS) is 17.2. The van der Waals surface area contributed by atoms with Crippen molar-refractivity contribution in [1.29, 1.82) is 0 Å². The third-order valence-corrected chi connectivity index (χ3v) is 10.6. The fourth-order valence-electron chi connectivity index (χ4n) is 7.67. The molecule has 0 bridgehead atoms. The first kappa shape index (κ1) is 37.5. The summed E-state index contributed by atoms with van der Waals surface area (Å²) in [6.45, 7) is 10.7. The number of nitrogens with one attached hydrogen (secondary N) is 2. The third-order valence-electron chi connectivity index (χ3n) is 10.6.